The molecule has 0 unspecified atom stereocenters. The van der Waals surface area contributed by atoms with E-state index >= 15 is 0 Å². The minimum absolute atomic E-state index is 0.189. The minimum Gasteiger partial charge on any atom is -0.511 e. The van der Waals surface area contributed by atoms with Crippen molar-refractivity contribution in [2.24, 2.45) is 17.8 Å². The van der Waals surface area contributed by atoms with E-state index in [2.05, 4.69) is 0 Å². The molecule has 0 bridgehead atoms. The van der Waals surface area contributed by atoms with Crippen LogP contribution in [0.3, 0.4) is 0 Å². The van der Waals surface area contributed by atoms with E-state index < -0.39 is 23.6 Å². The van der Waals surface area contributed by atoms with Crippen molar-refractivity contribution >= 4 is 11.6 Å². The molecule has 2 atom stereocenters. The first kappa shape index (κ1) is 14.9. The zero-order chi connectivity index (χ0) is 14.0. The van der Waals surface area contributed by atoms with Gasteiger partial charge in [0.1, 0.15) is 17.4 Å². The van der Waals surface area contributed by atoms with Crippen LogP contribution in [0, 0.1) is 17.8 Å². The monoisotopic (exact) mass is 254 g/mol. The lowest BCUT2D eigenvalue weighted by molar-refractivity contribution is -0.124. The van der Waals surface area contributed by atoms with Gasteiger partial charge in [-0.25, -0.2) is 0 Å². The predicted molar refractivity (Wildman–Crippen MR) is 68.1 cm³/mol. The Morgan fingerprint density at radius 2 is 1.72 bits per heavy atom. The third kappa shape index (κ3) is 2.80. The number of Topliss-reactive ketones (excluding diaryl/α,β-unsaturated/α-hetero) is 2. The molecule has 0 aromatic carbocycles. The van der Waals surface area contributed by atoms with E-state index in [1.54, 1.807) is 13.8 Å². The quantitative estimate of drug-likeness (QED) is 0.457. The van der Waals surface area contributed by atoms with Crippen LogP contribution in [0.2, 0.25) is 0 Å². The van der Waals surface area contributed by atoms with Gasteiger partial charge in [0.05, 0.1) is 5.92 Å². The average molecular weight is 254 g/mol. The van der Waals surface area contributed by atoms with E-state index in [9.17, 15) is 19.8 Å². The maximum absolute atomic E-state index is 12.1. The molecule has 2 N–H and O–H groups in total. The number of hydrogen-bond acceptors (Lipinski definition) is 4. The zero-order valence-electron chi connectivity index (χ0n) is 11.4. The molecule has 1 rings (SSSR count). The van der Waals surface area contributed by atoms with Crippen LogP contribution in [0.4, 0.5) is 0 Å². The van der Waals surface area contributed by atoms with Crippen LogP contribution in [0.15, 0.2) is 11.3 Å². The van der Waals surface area contributed by atoms with E-state index in [4.69, 9.17) is 0 Å². The Morgan fingerprint density at radius 1 is 1.17 bits per heavy atom. The maximum Gasteiger partial charge on any atom is 0.199 e. The van der Waals surface area contributed by atoms with Crippen LogP contribution in [-0.2, 0) is 9.59 Å². The topological polar surface area (TPSA) is 74.6 Å². The molecule has 0 spiro atoms. The molecule has 0 radical (unpaired) electrons. The molecule has 0 saturated heterocycles. The Labute approximate surface area is 108 Å². The second-order valence-electron chi connectivity index (χ2n) is 5.67. The lowest BCUT2D eigenvalue weighted by atomic mass is 9.94. The number of rotatable bonds is 4. The fraction of sp³-hybridized carbons (Fsp3) is 0.714. The summed E-state index contributed by atoms with van der Waals surface area (Å²) >= 11 is 0. The highest BCUT2D eigenvalue weighted by Crippen LogP contribution is 2.31. The predicted octanol–water partition coefficient (Wildman–Crippen LogP) is 2.02. The fourth-order valence-electron chi connectivity index (χ4n) is 2.12. The van der Waals surface area contributed by atoms with E-state index in [0.29, 0.717) is 12.3 Å². The van der Waals surface area contributed by atoms with E-state index in [1.165, 1.54) is 0 Å². The van der Waals surface area contributed by atoms with Crippen molar-refractivity contribution < 1.29 is 19.8 Å². The summed E-state index contributed by atoms with van der Waals surface area (Å²) in [6.07, 6.45) is -0.0264. The van der Waals surface area contributed by atoms with Crippen molar-refractivity contribution in [3.05, 3.63) is 11.3 Å². The molecule has 0 aromatic heterocycles. The van der Waals surface area contributed by atoms with Crippen molar-refractivity contribution in [2.45, 2.75) is 46.6 Å². The highest BCUT2D eigenvalue weighted by atomic mass is 16.3. The lowest BCUT2D eigenvalue weighted by Crippen LogP contribution is -2.23. The largest absolute Gasteiger partial charge is 0.511 e. The van der Waals surface area contributed by atoms with Gasteiger partial charge in [0.15, 0.2) is 11.6 Å². The van der Waals surface area contributed by atoms with Gasteiger partial charge in [-0.15, -0.1) is 0 Å². The van der Waals surface area contributed by atoms with Gasteiger partial charge in [0.25, 0.3) is 0 Å². The molecule has 0 aromatic rings. The Kier molecular flexibility index (Phi) is 4.68. The third-order valence-corrected chi connectivity index (χ3v) is 3.34. The van der Waals surface area contributed by atoms with Gasteiger partial charge < -0.3 is 10.2 Å². The molecule has 18 heavy (non-hydrogen) atoms. The Bertz CT molecular complexity index is 379. The summed E-state index contributed by atoms with van der Waals surface area (Å²) in [6.45, 7) is 7.46. The first-order valence-corrected chi connectivity index (χ1v) is 6.47. The highest BCUT2D eigenvalue weighted by molar-refractivity contribution is 6.28. The summed E-state index contributed by atoms with van der Waals surface area (Å²) in [5.41, 5.74) is -0.189. The summed E-state index contributed by atoms with van der Waals surface area (Å²) in [7, 11) is 0. The van der Waals surface area contributed by atoms with Crippen LogP contribution in [0.25, 0.3) is 0 Å². The van der Waals surface area contributed by atoms with Gasteiger partial charge in [0, 0.05) is 5.92 Å². The second kappa shape index (κ2) is 5.65. The van der Waals surface area contributed by atoms with Crippen molar-refractivity contribution in [3.8, 4) is 0 Å². The standard InChI is InChI=1S/C14H22O4/c1-7(2)5-6-9-12(16)10(11(15)8(3)4)14(18)13(9)17/h7-9,13,15,17H,5-6H2,1-4H3/t9-,13-/m1/s1. The normalized spacial score (nSPS) is 27.5. The summed E-state index contributed by atoms with van der Waals surface area (Å²) in [4.78, 5) is 23.9. The number of hydrogen-bond donors (Lipinski definition) is 2. The molecule has 4 heteroatoms. The second-order valence-corrected chi connectivity index (χ2v) is 5.67. The van der Waals surface area contributed by atoms with Crippen LogP contribution in [0.5, 0.6) is 0 Å². The first-order valence-electron chi connectivity index (χ1n) is 6.47. The molecule has 1 aliphatic carbocycles. The number of carbonyl (C=O) groups is 2. The van der Waals surface area contributed by atoms with Gasteiger partial charge in [-0.1, -0.05) is 34.1 Å². The van der Waals surface area contributed by atoms with Gasteiger partial charge in [0.2, 0.25) is 0 Å². The number of aliphatic hydroxyl groups is 2. The molecule has 1 saturated carbocycles. The van der Waals surface area contributed by atoms with E-state index in [1.807, 2.05) is 13.8 Å². The number of aliphatic hydroxyl groups excluding tert-OH is 2. The van der Waals surface area contributed by atoms with Crippen LogP contribution in [-0.4, -0.2) is 27.9 Å². The van der Waals surface area contributed by atoms with Gasteiger partial charge in [-0.3, -0.25) is 9.59 Å². The van der Waals surface area contributed by atoms with Crippen LogP contribution in [0.1, 0.15) is 40.5 Å². The van der Waals surface area contributed by atoms with Gasteiger partial charge >= 0.3 is 0 Å². The molecule has 1 fully saturated rings. The minimum atomic E-state index is -1.29. The van der Waals surface area contributed by atoms with Crippen LogP contribution >= 0.6 is 0 Å². The smallest absolute Gasteiger partial charge is 0.199 e. The number of allylic oxidation sites excluding steroid dienone is 1. The fourth-order valence-corrected chi connectivity index (χ4v) is 2.12. The lowest BCUT2D eigenvalue weighted by Gasteiger charge is -2.12. The first-order chi connectivity index (χ1) is 8.27. The summed E-state index contributed by atoms with van der Waals surface area (Å²) < 4.78 is 0. The zero-order valence-corrected chi connectivity index (χ0v) is 11.4. The Morgan fingerprint density at radius 3 is 2.17 bits per heavy atom. The van der Waals surface area contributed by atoms with E-state index in [-0.39, 0.29) is 17.3 Å². The molecule has 0 amide bonds. The maximum atomic E-state index is 12.1. The van der Waals surface area contributed by atoms with Crippen LogP contribution < -0.4 is 0 Å². The molecule has 4 nitrogen and oxygen atoms in total. The molecule has 1 aliphatic rings. The summed E-state index contributed by atoms with van der Waals surface area (Å²) in [6, 6.07) is 0. The van der Waals surface area contributed by atoms with Gasteiger partial charge in [-0.2, -0.15) is 0 Å². The SMILES string of the molecule is CC(C)CC[C@@H]1C(=O)C(=C(O)C(C)C)C(=O)[C@@H]1O. The van der Waals surface area contributed by atoms with Crippen molar-refractivity contribution in [1.29, 1.82) is 0 Å². The van der Waals surface area contributed by atoms with Crippen molar-refractivity contribution in [1.82, 2.24) is 0 Å². The van der Waals surface area contributed by atoms with Gasteiger partial charge in [-0.05, 0) is 12.3 Å². The summed E-state index contributed by atoms with van der Waals surface area (Å²) in [5, 5.41) is 19.6. The highest BCUT2D eigenvalue weighted by Gasteiger charge is 2.46. The molecule has 0 aliphatic heterocycles. The third-order valence-electron chi connectivity index (χ3n) is 3.34. The number of ketones is 2. The molecular formula is C14H22O4. The molecule has 102 valence electrons. The number of carbonyl (C=O) groups excluding carboxylic acids is 2. The van der Waals surface area contributed by atoms with E-state index in [0.717, 1.165) is 6.42 Å². The molecule has 0 heterocycles. The Hall–Kier alpha value is -1.16. The molecular weight excluding hydrogens is 232 g/mol. The Balaban J connectivity index is 2.98. The van der Waals surface area contributed by atoms with Crippen molar-refractivity contribution in [3.63, 3.8) is 0 Å². The average Bonchev–Trinajstić information content (AvgIpc) is 2.47. The summed E-state index contributed by atoms with van der Waals surface area (Å²) in [5.74, 6) is -1.79. The van der Waals surface area contributed by atoms with Crippen molar-refractivity contribution in [2.75, 3.05) is 0 Å².